The number of hydrogen-bond donors (Lipinski definition) is 0. The molecule has 23 heavy (non-hydrogen) atoms. The minimum Gasteiger partial charge on any atom is -0.465 e. The first-order valence-corrected chi connectivity index (χ1v) is 7.60. The Labute approximate surface area is 136 Å². The Hall–Kier alpha value is -2.91. The van der Waals surface area contributed by atoms with Crippen molar-refractivity contribution >= 4 is 39.2 Å². The van der Waals surface area contributed by atoms with Crippen molar-refractivity contribution < 1.29 is 13.9 Å². The monoisotopic (exact) mass is 324 g/mol. The Morgan fingerprint density at radius 3 is 2.91 bits per heavy atom. The van der Waals surface area contributed by atoms with Gasteiger partial charge in [-0.1, -0.05) is 12.1 Å². The van der Waals surface area contributed by atoms with E-state index in [0.29, 0.717) is 27.7 Å². The zero-order valence-corrected chi connectivity index (χ0v) is 13.3. The van der Waals surface area contributed by atoms with Crippen LogP contribution >= 0.6 is 11.3 Å². The number of rotatable bonds is 3. The largest absolute Gasteiger partial charge is 0.465 e. The first-order valence-electron chi connectivity index (χ1n) is 6.79. The van der Waals surface area contributed by atoms with Gasteiger partial charge in [-0.25, -0.2) is 9.78 Å². The number of furan rings is 1. The molecule has 2 heterocycles. The molecule has 0 aliphatic heterocycles. The van der Waals surface area contributed by atoms with E-state index in [1.807, 2.05) is 24.3 Å². The van der Waals surface area contributed by atoms with E-state index in [0.717, 1.165) is 10.2 Å². The van der Waals surface area contributed by atoms with Gasteiger partial charge in [-0.3, -0.25) is 0 Å². The molecule has 1 aromatic carbocycles. The second kappa shape index (κ2) is 6.07. The summed E-state index contributed by atoms with van der Waals surface area (Å²) in [6.07, 6.45) is 1.58. The lowest BCUT2D eigenvalue weighted by Crippen LogP contribution is -2.00. The standard InChI is InChI=1S/C17H12N2O3S/c1-10-13(17(20)21-2)8-12(22-10)7-11(9-18)16-19-14-5-3-4-6-15(14)23-16/h3-8H,1-2H3/b11-7+. The maximum absolute atomic E-state index is 11.6. The molecule has 3 rings (SSSR count). The van der Waals surface area contributed by atoms with E-state index in [1.165, 1.54) is 18.4 Å². The van der Waals surface area contributed by atoms with Gasteiger partial charge in [0.15, 0.2) is 0 Å². The van der Waals surface area contributed by atoms with Crippen molar-refractivity contribution in [3.05, 3.63) is 52.4 Å². The van der Waals surface area contributed by atoms with E-state index in [1.54, 1.807) is 19.1 Å². The number of aryl methyl sites for hydroxylation is 1. The highest BCUT2D eigenvalue weighted by atomic mass is 32.1. The zero-order valence-electron chi connectivity index (χ0n) is 12.5. The fourth-order valence-electron chi connectivity index (χ4n) is 2.16. The Morgan fingerprint density at radius 2 is 2.22 bits per heavy atom. The average Bonchev–Trinajstić information content (AvgIpc) is 3.15. The lowest BCUT2D eigenvalue weighted by atomic mass is 10.2. The lowest BCUT2D eigenvalue weighted by molar-refractivity contribution is 0.0599. The summed E-state index contributed by atoms with van der Waals surface area (Å²) in [5.41, 5.74) is 1.58. The molecule has 0 spiro atoms. The van der Waals surface area contributed by atoms with Crippen molar-refractivity contribution in [1.82, 2.24) is 4.98 Å². The van der Waals surface area contributed by atoms with Crippen LogP contribution in [0.2, 0.25) is 0 Å². The molecule has 0 saturated heterocycles. The number of carbonyl (C=O) groups is 1. The van der Waals surface area contributed by atoms with Gasteiger partial charge >= 0.3 is 5.97 Å². The molecule has 6 heteroatoms. The second-order valence-corrected chi connectivity index (χ2v) is 5.80. The van der Waals surface area contributed by atoms with Crippen molar-refractivity contribution in [3.63, 3.8) is 0 Å². The number of para-hydroxylation sites is 1. The Balaban J connectivity index is 2.02. The molecule has 0 amide bonds. The first kappa shape index (κ1) is 15.0. The lowest BCUT2D eigenvalue weighted by Gasteiger charge is -1.93. The van der Waals surface area contributed by atoms with Gasteiger partial charge in [-0.05, 0) is 25.1 Å². The number of methoxy groups -OCH3 is 1. The van der Waals surface area contributed by atoms with Crippen LogP contribution in [0.1, 0.15) is 26.9 Å². The van der Waals surface area contributed by atoms with Crippen LogP contribution in [0.3, 0.4) is 0 Å². The number of esters is 1. The predicted molar refractivity (Wildman–Crippen MR) is 87.9 cm³/mol. The molecule has 0 radical (unpaired) electrons. The number of fused-ring (bicyclic) bond motifs is 1. The molecule has 0 atom stereocenters. The molecule has 0 unspecified atom stereocenters. The molecule has 0 N–H and O–H groups in total. The van der Waals surface area contributed by atoms with Crippen molar-refractivity contribution in [2.75, 3.05) is 7.11 Å². The Kier molecular flexibility index (Phi) is 3.96. The third-order valence-corrected chi connectivity index (χ3v) is 4.34. The number of allylic oxidation sites excluding steroid dienone is 1. The van der Waals surface area contributed by atoms with Crippen LogP contribution in [-0.4, -0.2) is 18.1 Å². The van der Waals surface area contributed by atoms with Gasteiger partial charge in [0.1, 0.15) is 28.2 Å². The summed E-state index contributed by atoms with van der Waals surface area (Å²) < 4.78 is 11.2. The van der Waals surface area contributed by atoms with Crippen molar-refractivity contribution in [3.8, 4) is 6.07 Å². The highest BCUT2D eigenvalue weighted by molar-refractivity contribution is 7.19. The number of thiazole rings is 1. The molecule has 2 aromatic heterocycles. The molecule has 0 saturated carbocycles. The van der Waals surface area contributed by atoms with Gasteiger partial charge < -0.3 is 9.15 Å². The van der Waals surface area contributed by atoms with Gasteiger partial charge in [-0.15, -0.1) is 11.3 Å². The van der Waals surface area contributed by atoms with E-state index in [-0.39, 0.29) is 0 Å². The highest BCUT2D eigenvalue weighted by Gasteiger charge is 2.16. The number of carbonyl (C=O) groups excluding carboxylic acids is 1. The number of nitrogens with zero attached hydrogens (tertiary/aromatic N) is 2. The molecule has 5 nitrogen and oxygen atoms in total. The zero-order chi connectivity index (χ0) is 16.4. The molecular formula is C17H12N2O3S. The maximum atomic E-state index is 11.6. The Bertz CT molecular complexity index is 927. The maximum Gasteiger partial charge on any atom is 0.341 e. The number of hydrogen-bond acceptors (Lipinski definition) is 6. The van der Waals surface area contributed by atoms with Crippen LogP contribution in [0, 0.1) is 18.3 Å². The van der Waals surface area contributed by atoms with E-state index in [2.05, 4.69) is 11.1 Å². The van der Waals surface area contributed by atoms with Crippen LogP contribution in [0.15, 0.2) is 34.7 Å². The minimum atomic E-state index is -0.468. The summed E-state index contributed by atoms with van der Waals surface area (Å²) in [4.78, 5) is 16.1. The summed E-state index contributed by atoms with van der Waals surface area (Å²) >= 11 is 1.44. The third kappa shape index (κ3) is 2.87. The fourth-order valence-corrected chi connectivity index (χ4v) is 3.09. The number of aromatic nitrogens is 1. The van der Waals surface area contributed by atoms with E-state index >= 15 is 0 Å². The molecular weight excluding hydrogens is 312 g/mol. The summed E-state index contributed by atoms with van der Waals surface area (Å²) in [6, 6.07) is 11.4. The second-order valence-electron chi connectivity index (χ2n) is 4.77. The predicted octanol–water partition coefficient (Wildman–Crippen LogP) is 4.05. The number of nitriles is 1. The topological polar surface area (TPSA) is 76.1 Å². The summed E-state index contributed by atoms with van der Waals surface area (Å²) in [7, 11) is 1.31. The van der Waals surface area contributed by atoms with Gasteiger partial charge in [0, 0.05) is 6.08 Å². The average molecular weight is 324 g/mol. The van der Waals surface area contributed by atoms with E-state index in [9.17, 15) is 10.1 Å². The van der Waals surface area contributed by atoms with Gasteiger partial charge in [0.2, 0.25) is 0 Å². The van der Waals surface area contributed by atoms with Crippen LogP contribution in [0.5, 0.6) is 0 Å². The summed E-state index contributed by atoms with van der Waals surface area (Å²) in [5, 5.41) is 10.0. The summed E-state index contributed by atoms with van der Waals surface area (Å²) in [6.45, 7) is 1.67. The van der Waals surface area contributed by atoms with Crippen molar-refractivity contribution in [1.29, 1.82) is 5.26 Å². The highest BCUT2D eigenvalue weighted by Crippen LogP contribution is 2.28. The smallest absolute Gasteiger partial charge is 0.341 e. The first-order chi connectivity index (χ1) is 11.1. The number of benzene rings is 1. The fraction of sp³-hybridized carbons (Fsp3) is 0.118. The number of ether oxygens (including phenoxy) is 1. The molecule has 0 aliphatic rings. The quantitative estimate of drug-likeness (QED) is 0.536. The van der Waals surface area contributed by atoms with Crippen LogP contribution < -0.4 is 0 Å². The van der Waals surface area contributed by atoms with Crippen molar-refractivity contribution in [2.24, 2.45) is 0 Å². The van der Waals surface area contributed by atoms with E-state index < -0.39 is 5.97 Å². The van der Waals surface area contributed by atoms with Gasteiger partial charge in [0.25, 0.3) is 0 Å². The molecule has 0 aliphatic carbocycles. The van der Waals surface area contributed by atoms with Gasteiger partial charge in [0.05, 0.1) is 22.9 Å². The normalized spacial score (nSPS) is 11.4. The third-order valence-electron chi connectivity index (χ3n) is 3.27. The van der Waals surface area contributed by atoms with Crippen LogP contribution in [0.4, 0.5) is 0 Å². The molecule has 0 bridgehead atoms. The Morgan fingerprint density at radius 1 is 1.43 bits per heavy atom. The minimum absolute atomic E-state index is 0.348. The molecule has 3 aromatic rings. The van der Waals surface area contributed by atoms with E-state index in [4.69, 9.17) is 9.15 Å². The van der Waals surface area contributed by atoms with Crippen molar-refractivity contribution in [2.45, 2.75) is 6.92 Å². The van der Waals surface area contributed by atoms with Crippen LogP contribution in [0.25, 0.3) is 21.9 Å². The van der Waals surface area contributed by atoms with Crippen LogP contribution in [-0.2, 0) is 4.74 Å². The molecule has 0 fully saturated rings. The van der Waals surface area contributed by atoms with Gasteiger partial charge in [-0.2, -0.15) is 5.26 Å². The summed E-state index contributed by atoms with van der Waals surface area (Å²) in [5.74, 6) is 0.396. The SMILES string of the molecule is COC(=O)c1cc(/C=C(\C#N)c2nc3ccccc3s2)oc1C. The molecule has 114 valence electrons.